The van der Waals surface area contributed by atoms with Crippen molar-refractivity contribution in [3.8, 4) is 0 Å². The van der Waals surface area contributed by atoms with E-state index in [1.807, 2.05) is 0 Å². The van der Waals surface area contributed by atoms with Crippen molar-refractivity contribution in [2.24, 2.45) is 7.05 Å². The first kappa shape index (κ1) is 16.3. The normalized spacial score (nSPS) is 18.0. The smallest absolute Gasteiger partial charge is 0.308 e. The van der Waals surface area contributed by atoms with E-state index >= 15 is 0 Å². The van der Waals surface area contributed by atoms with Gasteiger partial charge in [-0.1, -0.05) is 11.8 Å². The van der Waals surface area contributed by atoms with Gasteiger partial charge in [0.25, 0.3) is 0 Å². The SMILES string of the molecule is COC(=O)C[C@H]1C(=O)NCCN1C(=O)CSc1nncn1C. The number of hydrogen-bond acceptors (Lipinski definition) is 7. The number of nitrogens with zero attached hydrogens (tertiary/aromatic N) is 4. The second kappa shape index (κ2) is 7.25. The summed E-state index contributed by atoms with van der Waals surface area (Å²) >= 11 is 1.23. The third kappa shape index (κ3) is 3.75. The molecular formula is C12H17N5O4S. The van der Waals surface area contributed by atoms with Crippen LogP contribution < -0.4 is 5.32 Å². The van der Waals surface area contributed by atoms with Gasteiger partial charge in [-0.3, -0.25) is 14.4 Å². The maximum absolute atomic E-state index is 12.3. The molecule has 0 spiro atoms. The first-order valence-corrected chi connectivity index (χ1v) is 7.62. The highest BCUT2D eigenvalue weighted by Crippen LogP contribution is 2.17. The van der Waals surface area contributed by atoms with Crippen LogP contribution in [-0.2, 0) is 26.2 Å². The van der Waals surface area contributed by atoms with Gasteiger partial charge < -0.3 is 19.5 Å². The number of amides is 2. The Kier molecular flexibility index (Phi) is 5.36. The van der Waals surface area contributed by atoms with Gasteiger partial charge in [-0.2, -0.15) is 0 Å². The summed E-state index contributed by atoms with van der Waals surface area (Å²) in [6.45, 7) is 0.739. The highest BCUT2D eigenvalue weighted by Gasteiger charge is 2.34. The lowest BCUT2D eigenvalue weighted by atomic mass is 10.1. The van der Waals surface area contributed by atoms with Gasteiger partial charge in [-0.05, 0) is 0 Å². The van der Waals surface area contributed by atoms with Crippen LogP contribution in [-0.4, -0.2) is 69.4 Å². The zero-order valence-electron chi connectivity index (χ0n) is 12.3. The number of hydrogen-bond donors (Lipinski definition) is 1. The van der Waals surface area contributed by atoms with Crippen molar-refractivity contribution >= 4 is 29.5 Å². The van der Waals surface area contributed by atoms with Gasteiger partial charge in [0.1, 0.15) is 12.4 Å². The molecule has 1 aliphatic heterocycles. The molecule has 1 fully saturated rings. The van der Waals surface area contributed by atoms with Crippen LogP contribution in [0.2, 0.25) is 0 Å². The molecule has 0 aliphatic carbocycles. The number of methoxy groups -OCH3 is 1. The van der Waals surface area contributed by atoms with Gasteiger partial charge in [-0.25, -0.2) is 0 Å². The predicted octanol–water partition coefficient (Wildman–Crippen LogP) is -1.20. The molecule has 1 atom stereocenters. The molecule has 10 heteroatoms. The van der Waals surface area contributed by atoms with Crippen molar-refractivity contribution in [1.82, 2.24) is 25.0 Å². The predicted molar refractivity (Wildman–Crippen MR) is 76.9 cm³/mol. The van der Waals surface area contributed by atoms with Crippen molar-refractivity contribution in [2.45, 2.75) is 17.6 Å². The summed E-state index contributed by atoms with van der Waals surface area (Å²) in [4.78, 5) is 37.1. The molecule has 0 saturated carbocycles. The van der Waals surface area contributed by atoms with E-state index in [2.05, 4.69) is 20.3 Å². The van der Waals surface area contributed by atoms with Crippen LogP contribution in [0.3, 0.4) is 0 Å². The Labute approximate surface area is 131 Å². The number of rotatable bonds is 5. The molecule has 120 valence electrons. The largest absolute Gasteiger partial charge is 0.469 e. The number of nitrogens with one attached hydrogen (secondary N) is 1. The molecule has 2 heterocycles. The first-order valence-electron chi connectivity index (χ1n) is 6.63. The van der Waals surface area contributed by atoms with Gasteiger partial charge in [0.2, 0.25) is 11.8 Å². The summed E-state index contributed by atoms with van der Waals surface area (Å²) in [7, 11) is 3.03. The Morgan fingerprint density at radius 2 is 2.32 bits per heavy atom. The van der Waals surface area contributed by atoms with Crippen molar-refractivity contribution in [2.75, 3.05) is 26.0 Å². The van der Waals surface area contributed by atoms with Crippen molar-refractivity contribution in [3.63, 3.8) is 0 Å². The molecule has 2 rings (SSSR count). The van der Waals surface area contributed by atoms with Crippen LogP contribution in [0, 0.1) is 0 Å². The summed E-state index contributed by atoms with van der Waals surface area (Å²) in [5.74, 6) is -0.969. The number of thioether (sulfide) groups is 1. The Morgan fingerprint density at radius 1 is 1.55 bits per heavy atom. The Morgan fingerprint density at radius 3 is 2.95 bits per heavy atom. The van der Waals surface area contributed by atoms with Gasteiger partial charge in [-0.15, -0.1) is 10.2 Å². The molecule has 1 aromatic rings. The maximum Gasteiger partial charge on any atom is 0.308 e. The van der Waals surface area contributed by atoms with E-state index in [-0.39, 0.29) is 24.0 Å². The van der Waals surface area contributed by atoms with E-state index in [1.165, 1.54) is 23.8 Å². The van der Waals surface area contributed by atoms with Crippen LogP contribution in [0.5, 0.6) is 0 Å². The van der Waals surface area contributed by atoms with E-state index in [0.717, 1.165) is 0 Å². The zero-order valence-corrected chi connectivity index (χ0v) is 13.1. The van der Waals surface area contributed by atoms with Crippen LogP contribution in [0.4, 0.5) is 0 Å². The van der Waals surface area contributed by atoms with Gasteiger partial charge in [0.05, 0.1) is 19.3 Å². The minimum Gasteiger partial charge on any atom is -0.469 e. The average molecular weight is 327 g/mol. The number of esters is 1. The number of aryl methyl sites for hydroxylation is 1. The number of aromatic nitrogens is 3. The molecule has 1 saturated heterocycles. The van der Waals surface area contributed by atoms with Crippen LogP contribution in [0.1, 0.15) is 6.42 Å². The second-order valence-corrected chi connectivity index (χ2v) is 5.63. The molecule has 22 heavy (non-hydrogen) atoms. The summed E-state index contributed by atoms with van der Waals surface area (Å²) < 4.78 is 6.28. The minimum absolute atomic E-state index is 0.123. The van der Waals surface area contributed by atoms with Crippen LogP contribution in [0.15, 0.2) is 11.5 Å². The van der Waals surface area contributed by atoms with E-state index in [0.29, 0.717) is 18.2 Å². The lowest BCUT2D eigenvalue weighted by molar-refractivity contribution is -0.149. The van der Waals surface area contributed by atoms with E-state index in [1.54, 1.807) is 17.9 Å². The van der Waals surface area contributed by atoms with Crippen molar-refractivity contribution in [1.29, 1.82) is 0 Å². The van der Waals surface area contributed by atoms with E-state index < -0.39 is 12.0 Å². The fraction of sp³-hybridized carbons (Fsp3) is 0.583. The zero-order chi connectivity index (χ0) is 16.1. The van der Waals surface area contributed by atoms with E-state index in [4.69, 9.17) is 0 Å². The number of carbonyl (C=O) groups excluding carboxylic acids is 3. The van der Waals surface area contributed by atoms with Crippen molar-refractivity contribution < 1.29 is 19.1 Å². The summed E-state index contributed by atoms with van der Waals surface area (Å²) in [5.41, 5.74) is 0. The fourth-order valence-corrected chi connectivity index (χ4v) is 2.84. The van der Waals surface area contributed by atoms with E-state index in [9.17, 15) is 14.4 Å². The Bertz CT molecular complexity index is 576. The average Bonchev–Trinajstić information content (AvgIpc) is 2.92. The highest BCUT2D eigenvalue weighted by molar-refractivity contribution is 7.99. The topological polar surface area (TPSA) is 106 Å². The second-order valence-electron chi connectivity index (χ2n) is 4.69. The first-order chi connectivity index (χ1) is 10.5. The monoisotopic (exact) mass is 327 g/mol. The third-order valence-electron chi connectivity index (χ3n) is 3.23. The van der Waals surface area contributed by atoms with Crippen molar-refractivity contribution in [3.05, 3.63) is 6.33 Å². The van der Waals surface area contributed by atoms with Crippen LogP contribution >= 0.6 is 11.8 Å². The number of ether oxygens (including phenoxy) is 1. The molecule has 0 radical (unpaired) electrons. The number of carbonyl (C=O) groups is 3. The molecule has 1 aliphatic rings. The fourth-order valence-electron chi connectivity index (χ4n) is 2.07. The third-order valence-corrected chi connectivity index (χ3v) is 4.25. The molecule has 0 unspecified atom stereocenters. The number of piperazine rings is 1. The summed E-state index contributed by atoms with van der Waals surface area (Å²) in [5, 5.41) is 10.9. The quantitative estimate of drug-likeness (QED) is 0.534. The maximum atomic E-state index is 12.3. The van der Waals surface area contributed by atoms with Gasteiger partial charge in [0, 0.05) is 20.1 Å². The Hall–Kier alpha value is -2.10. The molecule has 0 bridgehead atoms. The molecule has 2 amide bonds. The van der Waals surface area contributed by atoms with Gasteiger partial charge in [0.15, 0.2) is 5.16 Å². The molecular weight excluding hydrogens is 310 g/mol. The molecule has 9 nitrogen and oxygen atoms in total. The summed E-state index contributed by atoms with van der Waals surface area (Å²) in [6, 6.07) is -0.825. The highest BCUT2D eigenvalue weighted by atomic mass is 32.2. The van der Waals surface area contributed by atoms with Gasteiger partial charge >= 0.3 is 5.97 Å². The molecule has 1 N–H and O–H groups in total. The Balaban J connectivity index is 2.00. The summed E-state index contributed by atoms with van der Waals surface area (Å²) in [6.07, 6.45) is 1.39. The van der Waals surface area contributed by atoms with Crippen LogP contribution in [0.25, 0.3) is 0 Å². The lowest BCUT2D eigenvalue weighted by Gasteiger charge is -2.34. The molecule has 0 aromatic carbocycles. The standard InChI is InChI=1S/C12H17N5O4S/c1-16-7-14-15-12(16)22-6-9(18)17-4-3-13-11(20)8(17)5-10(19)21-2/h7-8H,3-6H2,1-2H3,(H,13,20)/t8-/m0/s1. The minimum atomic E-state index is -0.825. The lowest BCUT2D eigenvalue weighted by Crippen LogP contribution is -2.58. The molecule has 1 aromatic heterocycles.